The molecule has 0 fully saturated rings. The number of anilines is 1. The zero-order valence-electron chi connectivity index (χ0n) is 12.9. The van der Waals surface area contributed by atoms with Gasteiger partial charge in [-0.1, -0.05) is 23.2 Å². The number of nitrogens with zero attached hydrogens (tertiary/aromatic N) is 2. The van der Waals surface area contributed by atoms with Crippen LogP contribution < -0.4 is 5.32 Å². The smallest absolute Gasteiger partial charge is 0.225 e. The lowest BCUT2D eigenvalue weighted by atomic mass is 10.2. The third-order valence-electron chi connectivity index (χ3n) is 3.46. The Labute approximate surface area is 146 Å². The van der Waals surface area contributed by atoms with Crippen LogP contribution in [-0.4, -0.2) is 35.9 Å². The number of rotatable bonds is 7. The van der Waals surface area contributed by atoms with Crippen LogP contribution in [0.15, 0.2) is 42.7 Å². The molecular weight excluding hydrogens is 333 g/mol. The number of likely N-dealkylation sites (N-methyl/N-ethyl adjacent to an activating group) is 1. The number of halogens is 2. The summed E-state index contributed by atoms with van der Waals surface area (Å²) in [6.07, 6.45) is 4.95. The lowest BCUT2D eigenvalue weighted by Crippen LogP contribution is -2.26. The SMILES string of the molecule is CN(CCC(=O)Nc1ccc(Cl)c(Cl)c1)CCc1ccncc1. The molecule has 0 spiro atoms. The van der Waals surface area contributed by atoms with Crippen LogP contribution in [0.4, 0.5) is 5.69 Å². The number of nitrogens with one attached hydrogen (secondary N) is 1. The highest BCUT2D eigenvalue weighted by molar-refractivity contribution is 6.42. The summed E-state index contributed by atoms with van der Waals surface area (Å²) in [5.41, 5.74) is 1.90. The first-order valence-electron chi connectivity index (χ1n) is 7.37. The van der Waals surface area contributed by atoms with E-state index < -0.39 is 0 Å². The Kier molecular flexibility index (Phi) is 6.84. The number of aromatic nitrogens is 1. The second-order valence-electron chi connectivity index (χ2n) is 5.34. The molecule has 6 heteroatoms. The summed E-state index contributed by atoms with van der Waals surface area (Å²) >= 11 is 11.8. The van der Waals surface area contributed by atoms with Gasteiger partial charge in [-0.05, 0) is 49.4 Å². The monoisotopic (exact) mass is 351 g/mol. The third kappa shape index (κ3) is 6.18. The Morgan fingerprint density at radius 3 is 2.57 bits per heavy atom. The zero-order valence-corrected chi connectivity index (χ0v) is 14.4. The molecule has 2 aromatic rings. The van der Waals surface area contributed by atoms with E-state index >= 15 is 0 Å². The minimum atomic E-state index is -0.0425. The van der Waals surface area contributed by atoms with Crippen molar-refractivity contribution in [2.45, 2.75) is 12.8 Å². The highest BCUT2D eigenvalue weighted by atomic mass is 35.5. The predicted octanol–water partition coefficient (Wildman–Crippen LogP) is 3.89. The summed E-state index contributed by atoms with van der Waals surface area (Å²) in [7, 11) is 2.01. The van der Waals surface area contributed by atoms with Crippen molar-refractivity contribution in [1.29, 1.82) is 0 Å². The number of amides is 1. The van der Waals surface area contributed by atoms with Crippen LogP contribution in [0.25, 0.3) is 0 Å². The molecule has 0 saturated heterocycles. The number of hydrogen-bond acceptors (Lipinski definition) is 3. The van der Waals surface area contributed by atoms with Crippen LogP contribution in [-0.2, 0) is 11.2 Å². The van der Waals surface area contributed by atoms with Crippen molar-refractivity contribution in [3.63, 3.8) is 0 Å². The first-order chi connectivity index (χ1) is 11.0. The van der Waals surface area contributed by atoms with E-state index in [1.807, 2.05) is 19.2 Å². The van der Waals surface area contributed by atoms with Crippen molar-refractivity contribution in [2.24, 2.45) is 0 Å². The van der Waals surface area contributed by atoms with Gasteiger partial charge in [-0.25, -0.2) is 0 Å². The molecule has 23 heavy (non-hydrogen) atoms. The van der Waals surface area contributed by atoms with Crippen molar-refractivity contribution in [2.75, 3.05) is 25.5 Å². The fourth-order valence-corrected chi connectivity index (χ4v) is 2.37. The van der Waals surface area contributed by atoms with Crippen LogP contribution in [0.3, 0.4) is 0 Å². The van der Waals surface area contributed by atoms with Crippen molar-refractivity contribution >= 4 is 34.8 Å². The quantitative estimate of drug-likeness (QED) is 0.822. The summed E-state index contributed by atoms with van der Waals surface area (Å²) in [6, 6.07) is 9.06. The largest absolute Gasteiger partial charge is 0.326 e. The van der Waals surface area contributed by atoms with Gasteiger partial charge in [0.25, 0.3) is 0 Å². The molecule has 4 nitrogen and oxygen atoms in total. The van der Waals surface area contributed by atoms with Crippen LogP contribution in [0.5, 0.6) is 0 Å². The molecule has 0 bridgehead atoms. The Hall–Kier alpha value is -1.62. The normalized spacial score (nSPS) is 10.8. The van der Waals surface area contributed by atoms with E-state index in [1.165, 1.54) is 5.56 Å². The molecule has 0 radical (unpaired) electrons. The van der Waals surface area contributed by atoms with Crippen molar-refractivity contribution in [3.8, 4) is 0 Å². The van der Waals surface area contributed by atoms with Gasteiger partial charge >= 0.3 is 0 Å². The van der Waals surface area contributed by atoms with Gasteiger partial charge in [0.1, 0.15) is 0 Å². The second-order valence-corrected chi connectivity index (χ2v) is 6.15. The molecule has 1 heterocycles. The van der Waals surface area contributed by atoms with Gasteiger partial charge in [-0.2, -0.15) is 0 Å². The maximum atomic E-state index is 12.0. The minimum absolute atomic E-state index is 0.0425. The predicted molar refractivity (Wildman–Crippen MR) is 95.1 cm³/mol. The molecule has 0 aliphatic carbocycles. The average Bonchev–Trinajstić information content (AvgIpc) is 2.55. The van der Waals surface area contributed by atoms with Crippen LogP contribution in [0.2, 0.25) is 10.0 Å². The molecule has 122 valence electrons. The number of carbonyl (C=O) groups is 1. The zero-order chi connectivity index (χ0) is 16.7. The summed E-state index contributed by atoms with van der Waals surface area (Å²) in [4.78, 5) is 18.1. The van der Waals surface area contributed by atoms with Gasteiger partial charge in [0.05, 0.1) is 10.0 Å². The first kappa shape index (κ1) is 17.7. The molecule has 0 aliphatic rings. The maximum absolute atomic E-state index is 12.0. The van der Waals surface area contributed by atoms with Gasteiger partial charge in [0.2, 0.25) is 5.91 Å². The molecule has 1 N–H and O–H groups in total. The Morgan fingerprint density at radius 1 is 1.13 bits per heavy atom. The number of hydrogen-bond donors (Lipinski definition) is 1. The minimum Gasteiger partial charge on any atom is -0.326 e. The molecule has 0 unspecified atom stereocenters. The summed E-state index contributed by atoms with van der Waals surface area (Å²) in [5, 5.41) is 3.72. The van der Waals surface area contributed by atoms with E-state index in [0.29, 0.717) is 28.7 Å². The molecule has 1 aromatic carbocycles. The molecule has 0 saturated carbocycles. The van der Waals surface area contributed by atoms with Crippen LogP contribution >= 0.6 is 23.2 Å². The number of carbonyl (C=O) groups excluding carboxylic acids is 1. The van der Waals surface area contributed by atoms with Crippen LogP contribution in [0, 0.1) is 0 Å². The van der Waals surface area contributed by atoms with Crippen LogP contribution in [0.1, 0.15) is 12.0 Å². The van der Waals surface area contributed by atoms with Gasteiger partial charge in [0.15, 0.2) is 0 Å². The fourth-order valence-electron chi connectivity index (χ4n) is 2.07. The average molecular weight is 352 g/mol. The molecule has 2 rings (SSSR count). The van der Waals surface area contributed by atoms with E-state index in [-0.39, 0.29) is 5.91 Å². The molecular formula is C17H19Cl2N3O. The highest BCUT2D eigenvalue weighted by Crippen LogP contribution is 2.25. The van der Waals surface area contributed by atoms with Gasteiger partial charge in [0, 0.05) is 37.6 Å². The van der Waals surface area contributed by atoms with Crippen molar-refractivity contribution < 1.29 is 4.79 Å². The van der Waals surface area contributed by atoms with Crippen molar-refractivity contribution in [1.82, 2.24) is 9.88 Å². The Morgan fingerprint density at radius 2 is 1.87 bits per heavy atom. The maximum Gasteiger partial charge on any atom is 0.225 e. The standard InChI is InChI=1S/C17H19Cl2N3O/c1-22(10-6-13-4-8-20-9-5-13)11-7-17(23)21-14-2-3-15(18)16(19)12-14/h2-5,8-9,12H,6-7,10-11H2,1H3,(H,21,23). The van der Waals surface area contributed by atoms with E-state index in [0.717, 1.165) is 13.0 Å². The lowest BCUT2D eigenvalue weighted by molar-refractivity contribution is -0.116. The van der Waals surface area contributed by atoms with E-state index in [9.17, 15) is 4.79 Å². The van der Waals surface area contributed by atoms with E-state index in [4.69, 9.17) is 23.2 Å². The van der Waals surface area contributed by atoms with Gasteiger partial charge in [-0.3, -0.25) is 9.78 Å². The van der Waals surface area contributed by atoms with E-state index in [2.05, 4.69) is 15.2 Å². The highest BCUT2D eigenvalue weighted by Gasteiger charge is 2.07. The number of pyridine rings is 1. The first-order valence-corrected chi connectivity index (χ1v) is 8.12. The molecule has 1 amide bonds. The molecule has 0 atom stereocenters. The summed E-state index contributed by atoms with van der Waals surface area (Å²) in [5.74, 6) is -0.0425. The third-order valence-corrected chi connectivity index (χ3v) is 4.19. The summed E-state index contributed by atoms with van der Waals surface area (Å²) in [6.45, 7) is 1.59. The second kappa shape index (κ2) is 8.87. The van der Waals surface area contributed by atoms with Crippen molar-refractivity contribution in [3.05, 3.63) is 58.3 Å². The van der Waals surface area contributed by atoms with Gasteiger partial charge < -0.3 is 10.2 Å². The fraction of sp³-hybridized carbons (Fsp3) is 0.294. The van der Waals surface area contributed by atoms with E-state index in [1.54, 1.807) is 30.6 Å². The Bertz CT molecular complexity index is 650. The number of benzene rings is 1. The van der Waals surface area contributed by atoms with Gasteiger partial charge in [-0.15, -0.1) is 0 Å². The molecule has 0 aliphatic heterocycles. The molecule has 1 aromatic heterocycles. The summed E-state index contributed by atoms with van der Waals surface area (Å²) < 4.78 is 0. The Balaban J connectivity index is 1.72. The lowest BCUT2D eigenvalue weighted by Gasteiger charge is -2.16. The topological polar surface area (TPSA) is 45.2 Å².